The van der Waals surface area contributed by atoms with Gasteiger partial charge in [-0.25, -0.2) is 0 Å². The van der Waals surface area contributed by atoms with Crippen LogP contribution < -0.4 is 10.5 Å². The van der Waals surface area contributed by atoms with Gasteiger partial charge in [0.2, 0.25) is 0 Å². The summed E-state index contributed by atoms with van der Waals surface area (Å²) in [5, 5.41) is 2.29. The highest BCUT2D eigenvalue weighted by atomic mass is 79.9. The molecule has 3 nitrogen and oxygen atoms in total. The molecule has 0 saturated carbocycles. The van der Waals surface area contributed by atoms with Gasteiger partial charge >= 0.3 is 0 Å². The lowest BCUT2D eigenvalue weighted by Gasteiger charge is -2.10. The van der Waals surface area contributed by atoms with Crippen molar-refractivity contribution in [3.8, 4) is 11.5 Å². The van der Waals surface area contributed by atoms with E-state index in [0.717, 1.165) is 21.3 Å². The molecule has 0 aliphatic carbocycles. The summed E-state index contributed by atoms with van der Waals surface area (Å²) in [5.74, 6) is 1.46. The molecule has 20 heavy (non-hydrogen) atoms. The number of ether oxygens (including phenoxy) is 1. The van der Waals surface area contributed by atoms with E-state index in [4.69, 9.17) is 10.5 Å². The summed E-state index contributed by atoms with van der Waals surface area (Å²) in [7, 11) is 0. The Morgan fingerprint density at radius 2 is 1.90 bits per heavy atom. The van der Waals surface area contributed by atoms with Crippen LogP contribution in [0.5, 0.6) is 11.5 Å². The summed E-state index contributed by atoms with van der Waals surface area (Å²) >= 11 is 3.60. The zero-order valence-corrected chi connectivity index (χ0v) is 12.3. The molecule has 0 spiro atoms. The first-order chi connectivity index (χ1) is 9.78. The fourth-order valence-corrected chi connectivity index (χ4v) is 2.59. The molecule has 0 unspecified atom stereocenters. The Hall–Kier alpha value is -1.91. The monoisotopic (exact) mass is 328 g/mol. The van der Waals surface area contributed by atoms with E-state index in [2.05, 4.69) is 33.0 Å². The van der Waals surface area contributed by atoms with Crippen LogP contribution in [0, 0.1) is 0 Å². The molecular formula is C16H13BrN2O. The van der Waals surface area contributed by atoms with Crippen LogP contribution >= 0.6 is 15.9 Å². The third kappa shape index (κ3) is 2.53. The maximum absolute atomic E-state index is 5.87. The van der Waals surface area contributed by atoms with E-state index in [1.165, 1.54) is 5.39 Å². The van der Waals surface area contributed by atoms with E-state index in [9.17, 15) is 0 Å². The first kappa shape index (κ1) is 13.1. The SMILES string of the molecule is NCc1ccc(Oc2ccc3ccccc3c2Br)cn1. The number of halogens is 1. The zero-order valence-electron chi connectivity index (χ0n) is 10.7. The summed E-state index contributed by atoms with van der Waals surface area (Å²) in [5.41, 5.74) is 6.37. The minimum absolute atomic E-state index is 0.431. The lowest BCUT2D eigenvalue weighted by molar-refractivity contribution is 0.477. The highest BCUT2D eigenvalue weighted by Gasteiger charge is 2.07. The maximum Gasteiger partial charge on any atom is 0.145 e. The summed E-state index contributed by atoms with van der Waals surface area (Å²) in [6.07, 6.45) is 1.68. The Balaban J connectivity index is 1.95. The quantitative estimate of drug-likeness (QED) is 0.781. The topological polar surface area (TPSA) is 48.1 Å². The van der Waals surface area contributed by atoms with Crippen LogP contribution in [0.4, 0.5) is 0 Å². The second kappa shape index (κ2) is 5.61. The molecule has 0 bridgehead atoms. The molecule has 4 heteroatoms. The number of benzene rings is 2. The van der Waals surface area contributed by atoms with Crippen molar-refractivity contribution in [1.29, 1.82) is 0 Å². The minimum atomic E-state index is 0.431. The van der Waals surface area contributed by atoms with E-state index in [-0.39, 0.29) is 0 Å². The Kier molecular flexibility index (Phi) is 3.67. The minimum Gasteiger partial charge on any atom is -0.455 e. The van der Waals surface area contributed by atoms with Gasteiger partial charge in [0.25, 0.3) is 0 Å². The van der Waals surface area contributed by atoms with Crippen molar-refractivity contribution in [3.05, 3.63) is 64.9 Å². The van der Waals surface area contributed by atoms with Gasteiger partial charge in [-0.05, 0) is 44.9 Å². The van der Waals surface area contributed by atoms with Crippen molar-refractivity contribution >= 4 is 26.7 Å². The van der Waals surface area contributed by atoms with Crippen molar-refractivity contribution in [3.63, 3.8) is 0 Å². The molecule has 2 N–H and O–H groups in total. The largest absolute Gasteiger partial charge is 0.455 e. The number of hydrogen-bond donors (Lipinski definition) is 1. The van der Waals surface area contributed by atoms with Crippen LogP contribution in [0.25, 0.3) is 10.8 Å². The second-order valence-corrected chi connectivity index (χ2v) is 5.18. The van der Waals surface area contributed by atoms with E-state index >= 15 is 0 Å². The lowest BCUT2D eigenvalue weighted by Crippen LogP contribution is -1.98. The van der Waals surface area contributed by atoms with Gasteiger partial charge in [-0.15, -0.1) is 0 Å². The molecule has 0 saturated heterocycles. The van der Waals surface area contributed by atoms with E-state index in [1.807, 2.05) is 36.4 Å². The molecule has 0 radical (unpaired) electrons. The van der Waals surface area contributed by atoms with Crippen molar-refractivity contribution in [2.45, 2.75) is 6.54 Å². The molecule has 3 aromatic rings. The number of hydrogen-bond acceptors (Lipinski definition) is 3. The lowest BCUT2D eigenvalue weighted by atomic mass is 10.1. The number of aromatic nitrogens is 1. The third-order valence-electron chi connectivity index (χ3n) is 3.06. The summed E-state index contributed by atoms with van der Waals surface area (Å²) in [6, 6.07) is 15.9. The first-order valence-electron chi connectivity index (χ1n) is 6.28. The van der Waals surface area contributed by atoms with Gasteiger partial charge in [-0.2, -0.15) is 0 Å². The van der Waals surface area contributed by atoms with Gasteiger partial charge in [0, 0.05) is 6.54 Å². The first-order valence-corrected chi connectivity index (χ1v) is 7.07. The van der Waals surface area contributed by atoms with Gasteiger partial charge in [0.15, 0.2) is 0 Å². The molecule has 1 aromatic heterocycles. The molecule has 0 atom stereocenters. The number of fused-ring (bicyclic) bond motifs is 1. The van der Waals surface area contributed by atoms with Gasteiger partial charge in [-0.3, -0.25) is 4.98 Å². The van der Waals surface area contributed by atoms with Crippen molar-refractivity contribution in [2.75, 3.05) is 0 Å². The summed E-state index contributed by atoms with van der Waals surface area (Å²) in [4.78, 5) is 4.22. The zero-order chi connectivity index (χ0) is 13.9. The average Bonchev–Trinajstić information content (AvgIpc) is 2.51. The number of rotatable bonds is 3. The smallest absolute Gasteiger partial charge is 0.145 e. The number of nitrogens with zero attached hydrogens (tertiary/aromatic N) is 1. The van der Waals surface area contributed by atoms with E-state index in [1.54, 1.807) is 6.20 Å². The predicted octanol–water partition coefficient (Wildman–Crippen LogP) is 4.25. The van der Waals surface area contributed by atoms with Crippen molar-refractivity contribution < 1.29 is 4.74 Å². The summed E-state index contributed by atoms with van der Waals surface area (Å²) in [6.45, 7) is 0.431. The molecule has 100 valence electrons. The van der Waals surface area contributed by atoms with Crippen molar-refractivity contribution in [2.24, 2.45) is 5.73 Å². The highest BCUT2D eigenvalue weighted by Crippen LogP contribution is 2.35. The van der Waals surface area contributed by atoms with Crippen LogP contribution in [0.15, 0.2) is 59.2 Å². The number of pyridine rings is 1. The highest BCUT2D eigenvalue weighted by molar-refractivity contribution is 9.10. The standard InChI is InChI=1S/C16H13BrN2O/c17-16-14-4-2-1-3-11(14)5-8-15(16)20-13-7-6-12(9-18)19-10-13/h1-8,10H,9,18H2. The molecule has 0 fully saturated rings. The van der Waals surface area contributed by atoms with Crippen LogP contribution in [0.3, 0.4) is 0 Å². The van der Waals surface area contributed by atoms with Crippen molar-refractivity contribution in [1.82, 2.24) is 4.98 Å². The Morgan fingerprint density at radius 1 is 1.05 bits per heavy atom. The molecule has 3 rings (SSSR count). The third-order valence-corrected chi connectivity index (χ3v) is 3.88. The fourth-order valence-electron chi connectivity index (χ4n) is 2.01. The fraction of sp³-hybridized carbons (Fsp3) is 0.0625. The van der Waals surface area contributed by atoms with Gasteiger partial charge < -0.3 is 10.5 Å². The Bertz CT molecular complexity index is 741. The maximum atomic E-state index is 5.87. The second-order valence-electron chi connectivity index (χ2n) is 4.39. The van der Waals surface area contributed by atoms with Crippen LogP contribution in [-0.2, 0) is 6.54 Å². The van der Waals surface area contributed by atoms with Gasteiger partial charge in [-0.1, -0.05) is 30.3 Å². The molecular weight excluding hydrogens is 316 g/mol. The Morgan fingerprint density at radius 3 is 2.65 bits per heavy atom. The Labute approximate surface area is 125 Å². The van der Waals surface area contributed by atoms with Gasteiger partial charge in [0.05, 0.1) is 16.4 Å². The number of nitrogens with two attached hydrogens (primary N) is 1. The normalized spacial score (nSPS) is 10.7. The van der Waals surface area contributed by atoms with Crippen LogP contribution in [0.2, 0.25) is 0 Å². The summed E-state index contributed by atoms with van der Waals surface area (Å²) < 4.78 is 6.81. The van der Waals surface area contributed by atoms with E-state index < -0.39 is 0 Å². The predicted molar refractivity (Wildman–Crippen MR) is 83.9 cm³/mol. The molecule has 0 amide bonds. The molecule has 0 aliphatic rings. The van der Waals surface area contributed by atoms with Crippen LogP contribution in [-0.4, -0.2) is 4.98 Å². The van der Waals surface area contributed by atoms with Gasteiger partial charge in [0.1, 0.15) is 11.5 Å². The average molecular weight is 329 g/mol. The van der Waals surface area contributed by atoms with Crippen LogP contribution in [0.1, 0.15) is 5.69 Å². The molecule has 1 heterocycles. The molecule has 2 aromatic carbocycles. The van der Waals surface area contributed by atoms with E-state index in [0.29, 0.717) is 12.3 Å². The molecule has 0 aliphatic heterocycles.